The first-order chi connectivity index (χ1) is 13.7. The van der Waals surface area contributed by atoms with E-state index in [0.29, 0.717) is 5.56 Å². The molecule has 9 heteroatoms. The molecule has 0 unspecified atom stereocenters. The molecular formula is C20H29N3O5S. The molecule has 0 bridgehead atoms. The molecule has 1 fully saturated rings. The maximum absolute atomic E-state index is 13.1. The second kappa shape index (κ2) is 9.96. The van der Waals surface area contributed by atoms with E-state index in [2.05, 4.69) is 4.98 Å². The minimum absolute atomic E-state index is 0.0289. The van der Waals surface area contributed by atoms with Crippen LogP contribution in [0, 0.1) is 0 Å². The lowest BCUT2D eigenvalue weighted by atomic mass is 10.1. The molecule has 0 spiro atoms. The Hall–Kier alpha value is -2.29. The molecule has 0 N–H and O–H groups in total. The topological polar surface area (TPSA) is 89.0 Å². The van der Waals surface area contributed by atoms with Gasteiger partial charge in [-0.3, -0.25) is 4.79 Å². The molecule has 2 rings (SSSR count). The number of thioether (sulfide) groups is 1. The molecule has 1 saturated heterocycles. The summed E-state index contributed by atoms with van der Waals surface area (Å²) in [6.45, 7) is 9.76. The number of esters is 1. The summed E-state index contributed by atoms with van der Waals surface area (Å²) >= 11 is 1.54. The summed E-state index contributed by atoms with van der Waals surface area (Å²) in [5.41, 5.74) is -0.190. The molecule has 2 amide bonds. The van der Waals surface area contributed by atoms with Crippen LogP contribution < -0.4 is 0 Å². The maximum atomic E-state index is 13.1. The number of carbonyl (C=O) groups is 3. The van der Waals surface area contributed by atoms with Crippen molar-refractivity contribution in [3.05, 3.63) is 23.9 Å². The van der Waals surface area contributed by atoms with Gasteiger partial charge >= 0.3 is 12.1 Å². The SMILES string of the molecule is CCOC(=O)[C@H]1CN(C(=O)OC(C)(C)C)CCN1C(=O)c1ccnc(SCC)c1. The minimum atomic E-state index is -0.890. The van der Waals surface area contributed by atoms with E-state index < -0.39 is 23.7 Å². The van der Waals surface area contributed by atoms with Crippen molar-refractivity contribution in [3.8, 4) is 0 Å². The van der Waals surface area contributed by atoms with Crippen LogP contribution in [0.3, 0.4) is 0 Å². The van der Waals surface area contributed by atoms with Crippen LogP contribution in [-0.4, -0.2) is 76.4 Å². The lowest BCUT2D eigenvalue weighted by Crippen LogP contribution is -2.60. The quantitative estimate of drug-likeness (QED) is 0.531. The van der Waals surface area contributed by atoms with Crippen LogP contribution in [0.2, 0.25) is 0 Å². The van der Waals surface area contributed by atoms with Gasteiger partial charge in [0.2, 0.25) is 0 Å². The van der Waals surface area contributed by atoms with Crippen molar-refractivity contribution in [2.24, 2.45) is 0 Å². The van der Waals surface area contributed by atoms with Gasteiger partial charge in [0.1, 0.15) is 11.6 Å². The van der Waals surface area contributed by atoms with Crippen molar-refractivity contribution in [2.75, 3.05) is 32.0 Å². The molecule has 2 heterocycles. The molecule has 1 aromatic rings. The number of rotatable bonds is 5. The lowest BCUT2D eigenvalue weighted by Gasteiger charge is -2.40. The predicted molar refractivity (Wildman–Crippen MR) is 110 cm³/mol. The highest BCUT2D eigenvalue weighted by molar-refractivity contribution is 7.99. The third kappa shape index (κ3) is 6.35. The lowest BCUT2D eigenvalue weighted by molar-refractivity contribution is -0.150. The second-order valence-electron chi connectivity index (χ2n) is 7.51. The summed E-state index contributed by atoms with van der Waals surface area (Å²) in [5, 5.41) is 0.749. The fraction of sp³-hybridized carbons (Fsp3) is 0.600. The fourth-order valence-electron chi connectivity index (χ4n) is 2.89. The smallest absolute Gasteiger partial charge is 0.410 e. The number of piperazine rings is 1. The second-order valence-corrected chi connectivity index (χ2v) is 8.79. The molecule has 1 aliphatic rings. The van der Waals surface area contributed by atoms with Gasteiger partial charge in [-0.15, -0.1) is 11.8 Å². The Labute approximate surface area is 175 Å². The number of aromatic nitrogens is 1. The van der Waals surface area contributed by atoms with Gasteiger partial charge in [-0.05, 0) is 45.6 Å². The Morgan fingerprint density at radius 2 is 1.97 bits per heavy atom. The first-order valence-corrected chi connectivity index (χ1v) is 10.7. The molecule has 1 atom stereocenters. The van der Waals surface area contributed by atoms with E-state index in [1.54, 1.807) is 46.0 Å². The number of hydrogen-bond donors (Lipinski definition) is 0. The van der Waals surface area contributed by atoms with Gasteiger partial charge in [0.25, 0.3) is 5.91 Å². The van der Waals surface area contributed by atoms with Gasteiger partial charge in [-0.25, -0.2) is 14.6 Å². The van der Waals surface area contributed by atoms with Crippen molar-refractivity contribution in [1.29, 1.82) is 0 Å². The zero-order chi connectivity index (χ0) is 21.6. The number of hydrogen-bond acceptors (Lipinski definition) is 7. The Bertz CT molecular complexity index is 750. The summed E-state index contributed by atoms with van der Waals surface area (Å²) in [6, 6.07) is 2.46. The average molecular weight is 424 g/mol. The summed E-state index contributed by atoms with van der Waals surface area (Å²) < 4.78 is 10.6. The van der Waals surface area contributed by atoms with Crippen LogP contribution in [-0.2, 0) is 14.3 Å². The highest BCUT2D eigenvalue weighted by atomic mass is 32.2. The zero-order valence-electron chi connectivity index (χ0n) is 17.6. The van der Waals surface area contributed by atoms with Crippen molar-refractivity contribution < 1.29 is 23.9 Å². The molecule has 1 aromatic heterocycles. The van der Waals surface area contributed by atoms with E-state index in [1.807, 2.05) is 6.92 Å². The van der Waals surface area contributed by atoms with Crippen LogP contribution >= 0.6 is 11.8 Å². The Morgan fingerprint density at radius 1 is 1.24 bits per heavy atom. The van der Waals surface area contributed by atoms with Gasteiger partial charge in [-0.2, -0.15) is 0 Å². The molecular weight excluding hydrogens is 394 g/mol. The van der Waals surface area contributed by atoms with E-state index in [1.165, 1.54) is 21.6 Å². The first kappa shape index (κ1) is 23.0. The van der Waals surface area contributed by atoms with E-state index >= 15 is 0 Å². The number of pyridine rings is 1. The maximum Gasteiger partial charge on any atom is 0.410 e. The number of amides is 2. The van der Waals surface area contributed by atoms with Crippen LogP contribution in [0.4, 0.5) is 4.79 Å². The molecule has 0 aromatic carbocycles. The zero-order valence-corrected chi connectivity index (χ0v) is 18.5. The van der Waals surface area contributed by atoms with Gasteiger partial charge in [-0.1, -0.05) is 6.92 Å². The third-order valence-electron chi connectivity index (χ3n) is 4.13. The van der Waals surface area contributed by atoms with Crippen molar-refractivity contribution in [2.45, 2.75) is 51.3 Å². The van der Waals surface area contributed by atoms with Crippen LogP contribution in [0.15, 0.2) is 23.4 Å². The minimum Gasteiger partial charge on any atom is -0.464 e. The Kier molecular flexibility index (Phi) is 7.89. The standard InChI is InChI=1S/C20H29N3O5S/c1-6-27-18(25)15-13-22(19(26)28-20(3,4)5)10-11-23(15)17(24)14-8-9-21-16(12-14)29-7-2/h8-9,12,15H,6-7,10-11,13H2,1-5H3/t15-/m1/s1. The predicted octanol–water partition coefficient (Wildman–Crippen LogP) is 2.82. The van der Waals surface area contributed by atoms with E-state index in [-0.39, 0.29) is 32.1 Å². The normalized spacial score (nSPS) is 17.1. The highest BCUT2D eigenvalue weighted by Gasteiger charge is 2.39. The first-order valence-electron chi connectivity index (χ1n) is 9.70. The number of ether oxygens (including phenoxy) is 2. The molecule has 1 aliphatic heterocycles. The largest absolute Gasteiger partial charge is 0.464 e. The van der Waals surface area contributed by atoms with E-state index in [9.17, 15) is 14.4 Å². The summed E-state index contributed by atoms with van der Waals surface area (Å²) in [4.78, 5) is 45.3. The van der Waals surface area contributed by atoms with Gasteiger partial charge < -0.3 is 19.3 Å². The third-order valence-corrected chi connectivity index (χ3v) is 4.93. The monoisotopic (exact) mass is 423 g/mol. The van der Waals surface area contributed by atoms with Crippen molar-refractivity contribution >= 4 is 29.7 Å². The van der Waals surface area contributed by atoms with Crippen molar-refractivity contribution in [1.82, 2.24) is 14.8 Å². The number of carbonyl (C=O) groups excluding carboxylic acids is 3. The van der Waals surface area contributed by atoms with Crippen LogP contribution in [0.1, 0.15) is 45.0 Å². The fourth-order valence-corrected chi connectivity index (χ4v) is 3.54. The Morgan fingerprint density at radius 3 is 2.59 bits per heavy atom. The number of nitrogens with zero attached hydrogens (tertiary/aromatic N) is 3. The molecule has 0 saturated carbocycles. The van der Waals surface area contributed by atoms with E-state index in [4.69, 9.17) is 9.47 Å². The summed E-state index contributed by atoms with van der Waals surface area (Å²) in [6.07, 6.45) is 1.08. The van der Waals surface area contributed by atoms with Gasteiger partial charge in [0.05, 0.1) is 18.2 Å². The Balaban J connectivity index is 2.22. The average Bonchev–Trinajstić information content (AvgIpc) is 2.66. The van der Waals surface area contributed by atoms with Crippen LogP contribution in [0.25, 0.3) is 0 Å². The van der Waals surface area contributed by atoms with Gasteiger partial charge in [0.15, 0.2) is 0 Å². The highest BCUT2D eigenvalue weighted by Crippen LogP contribution is 2.21. The molecule has 160 valence electrons. The molecule has 29 heavy (non-hydrogen) atoms. The summed E-state index contributed by atoms with van der Waals surface area (Å²) in [7, 11) is 0. The van der Waals surface area contributed by atoms with Gasteiger partial charge in [0, 0.05) is 24.8 Å². The molecule has 8 nitrogen and oxygen atoms in total. The summed E-state index contributed by atoms with van der Waals surface area (Å²) in [5.74, 6) is 0.0172. The van der Waals surface area contributed by atoms with Crippen LogP contribution in [0.5, 0.6) is 0 Å². The van der Waals surface area contributed by atoms with Crippen molar-refractivity contribution in [3.63, 3.8) is 0 Å². The molecule has 0 aliphatic carbocycles. The van der Waals surface area contributed by atoms with E-state index in [0.717, 1.165) is 10.8 Å². The molecule has 0 radical (unpaired) electrons.